The standard InChI is InChI=1S/C34H24N2O.C34H23NO2.C34H25NO.C33H24N2O/c1-21-22(2)37-34-20-29-26-13-7-9-15-31(26)36(33(29)19-27(21)34)24-16-17-32-28(18-24)25-12-6-8-14-30(25)35(32)23-10-4-3-5-11-23;1-20-21(2)36-33-19-29-25-8-3-5-12-30(25)35(31(29)18-28(20)33)23-16-14-22(15-17-23)24-10-7-11-27-26-9-4-6-13-32(26)37-34(24)27;1-22-23(2)36-34-21-31-29-15-9-10-16-32(29)35(33(31)20-30(22)34)28-18-26(24-11-5-3-6-12-24)17-27(19-28)25-13-7-4-8-14-25;1-21-22(2)36-32-20-28-26-15-9-10-16-30(26)35(31(28)19-27(21)32)33-18-25(23-11-5-3-6-12-23)17-29(34-33)24-13-7-4-8-14-24/h3-20H,1-2H3;3-19H,1-2H3;3-21H,1-2H3;3-20H,1-2H3. The molecule has 0 aliphatic carbocycles. The van der Waals surface area contributed by atoms with Crippen molar-refractivity contribution in [1.29, 1.82) is 0 Å². The number of fused-ring (bicyclic) bond motifs is 22. The van der Waals surface area contributed by atoms with Crippen molar-refractivity contribution in [3.05, 3.63) is 482 Å². The summed E-state index contributed by atoms with van der Waals surface area (Å²) in [4.78, 5) is 5.22. The maximum Gasteiger partial charge on any atom is 0.143 e. The smallest absolute Gasteiger partial charge is 0.143 e. The van der Waals surface area contributed by atoms with Crippen molar-refractivity contribution in [3.63, 3.8) is 0 Å². The molecular formula is C135H96N6O5. The minimum Gasteiger partial charge on any atom is -0.461 e. The Morgan fingerprint density at radius 2 is 0.479 bits per heavy atom. The van der Waals surface area contributed by atoms with E-state index in [0.717, 1.165) is 135 Å². The fourth-order valence-electron chi connectivity index (χ4n) is 22.5. The highest BCUT2D eigenvalue weighted by Crippen LogP contribution is 2.47. The SMILES string of the molecule is Cc1oc2cc3c4ccccc4n(-c4cc(-c5ccccc5)cc(-c5ccccc5)c4)c3cc2c1C.Cc1oc2cc3c4ccccc4n(-c4cc(-c5ccccc5)cc(-c5ccccc5)n4)c3cc2c1C.Cc1oc2cc3c4ccccc4n(-c4ccc(-c5cccc6c5oc5ccccc56)cc4)c3cc2c1C.Cc1oc2cc3c4ccccc4n(-c4ccc5c(c4)c4ccccc4n5-c4ccccc4)c3cc2c1C. The highest BCUT2D eigenvalue weighted by molar-refractivity contribution is 6.19. The molecule has 0 spiro atoms. The van der Waals surface area contributed by atoms with E-state index in [1.807, 2.05) is 45.9 Å². The first-order valence-electron chi connectivity index (χ1n) is 49.9. The second kappa shape index (κ2) is 34.6. The van der Waals surface area contributed by atoms with Crippen LogP contribution in [0.15, 0.2) is 459 Å². The van der Waals surface area contributed by atoms with Crippen LogP contribution in [0.25, 0.3) is 259 Å². The molecule has 0 aliphatic heterocycles. The third-order valence-corrected chi connectivity index (χ3v) is 30.3. The molecule has 11 heteroatoms. The molecule has 0 bridgehead atoms. The van der Waals surface area contributed by atoms with Crippen LogP contribution in [0.3, 0.4) is 0 Å². The van der Waals surface area contributed by atoms with Gasteiger partial charge in [-0.25, -0.2) is 4.98 Å². The van der Waals surface area contributed by atoms with Crippen LogP contribution >= 0.6 is 0 Å². The predicted molar refractivity (Wildman–Crippen MR) is 607 cm³/mol. The van der Waals surface area contributed by atoms with Gasteiger partial charge in [0.1, 0.15) is 62.4 Å². The number of aryl methyl sites for hydroxylation is 8. The lowest BCUT2D eigenvalue weighted by Gasteiger charge is -2.14. The minimum absolute atomic E-state index is 0.902. The van der Waals surface area contributed by atoms with E-state index in [-0.39, 0.29) is 0 Å². The molecule has 0 aliphatic rings. The summed E-state index contributed by atoms with van der Waals surface area (Å²) >= 11 is 0. The Morgan fingerprint density at radius 1 is 0.164 bits per heavy atom. The number of hydrogen-bond acceptors (Lipinski definition) is 6. The second-order valence-electron chi connectivity index (χ2n) is 38.6. The normalized spacial score (nSPS) is 11.8. The van der Waals surface area contributed by atoms with E-state index < -0.39 is 0 Å². The maximum absolute atomic E-state index is 6.30. The number of furan rings is 5. The molecule has 146 heavy (non-hydrogen) atoms. The maximum atomic E-state index is 6.30. The van der Waals surface area contributed by atoms with E-state index in [9.17, 15) is 0 Å². The first-order valence-corrected chi connectivity index (χ1v) is 49.9. The van der Waals surface area contributed by atoms with E-state index in [1.54, 1.807) is 0 Å². The van der Waals surface area contributed by atoms with Crippen LogP contribution in [0, 0.1) is 55.4 Å². The zero-order chi connectivity index (χ0) is 97.8. The molecular weight excluding hydrogens is 1790 g/mol. The molecule has 0 amide bonds. The Balaban J connectivity index is 0.0000000965. The summed E-state index contributed by atoms with van der Waals surface area (Å²) in [6.45, 7) is 16.7. The Bertz CT molecular complexity index is 10100. The third kappa shape index (κ3) is 14.3. The van der Waals surface area contributed by atoms with Gasteiger partial charge in [0.15, 0.2) is 0 Å². The average Bonchev–Trinajstić information content (AvgIpc) is 1.72. The molecule has 19 aromatic carbocycles. The third-order valence-electron chi connectivity index (χ3n) is 30.3. The van der Waals surface area contributed by atoms with Gasteiger partial charge in [-0.1, -0.05) is 279 Å². The molecule has 0 N–H and O–H groups in total. The summed E-state index contributed by atoms with van der Waals surface area (Å²) in [5.41, 5.74) is 38.3. The topological polar surface area (TPSA) is 103 Å². The number of pyridine rings is 1. The number of para-hydroxylation sites is 8. The molecule has 11 heterocycles. The Kier molecular flexibility index (Phi) is 20.5. The fraction of sp³-hybridized carbons (Fsp3) is 0.0593. The van der Waals surface area contributed by atoms with Crippen LogP contribution in [0.2, 0.25) is 0 Å². The van der Waals surface area contributed by atoms with Crippen LogP contribution in [0.1, 0.15) is 45.3 Å². The molecule has 30 rings (SSSR count). The van der Waals surface area contributed by atoms with Crippen LogP contribution in [0.4, 0.5) is 0 Å². The van der Waals surface area contributed by atoms with E-state index in [2.05, 4.69) is 469 Å². The van der Waals surface area contributed by atoms with Crippen LogP contribution in [-0.2, 0) is 0 Å². The predicted octanol–water partition coefficient (Wildman–Crippen LogP) is 37.3. The lowest BCUT2D eigenvalue weighted by molar-refractivity contribution is 0.575. The Morgan fingerprint density at radius 3 is 0.911 bits per heavy atom. The lowest BCUT2D eigenvalue weighted by Crippen LogP contribution is -2.00. The molecule has 0 unspecified atom stereocenters. The second-order valence-corrected chi connectivity index (χ2v) is 38.6. The van der Waals surface area contributed by atoms with Gasteiger partial charge in [0.25, 0.3) is 0 Å². The van der Waals surface area contributed by atoms with E-state index in [0.29, 0.717) is 0 Å². The fourth-order valence-corrected chi connectivity index (χ4v) is 22.5. The molecule has 0 radical (unpaired) electrons. The van der Waals surface area contributed by atoms with Gasteiger partial charge in [-0.15, -0.1) is 0 Å². The van der Waals surface area contributed by atoms with Gasteiger partial charge in [0.2, 0.25) is 0 Å². The molecule has 0 saturated heterocycles. The molecule has 696 valence electrons. The van der Waals surface area contributed by atoms with Crippen LogP contribution in [-0.4, -0.2) is 27.8 Å². The van der Waals surface area contributed by atoms with Crippen molar-refractivity contribution < 1.29 is 22.1 Å². The van der Waals surface area contributed by atoms with Gasteiger partial charge in [-0.3, -0.25) is 4.57 Å². The molecule has 11 aromatic heterocycles. The lowest BCUT2D eigenvalue weighted by atomic mass is 9.98. The summed E-state index contributed by atoms with van der Waals surface area (Å²) in [6.07, 6.45) is 0. The van der Waals surface area contributed by atoms with Gasteiger partial charge >= 0.3 is 0 Å². The van der Waals surface area contributed by atoms with Gasteiger partial charge in [-0.05, 0) is 274 Å². The Hall–Kier alpha value is -18.7. The number of aromatic nitrogens is 6. The molecule has 11 nitrogen and oxygen atoms in total. The minimum atomic E-state index is 0.902. The van der Waals surface area contributed by atoms with Gasteiger partial charge in [0.05, 0.1) is 60.9 Å². The summed E-state index contributed by atoms with van der Waals surface area (Å²) in [5, 5.41) is 19.1. The molecule has 0 atom stereocenters. The van der Waals surface area contributed by atoms with Crippen molar-refractivity contribution in [1.82, 2.24) is 27.8 Å². The van der Waals surface area contributed by atoms with Crippen LogP contribution < -0.4 is 0 Å². The van der Waals surface area contributed by atoms with Crippen molar-refractivity contribution >= 4 is 175 Å². The van der Waals surface area contributed by atoms with Crippen LogP contribution in [0.5, 0.6) is 0 Å². The van der Waals surface area contributed by atoms with Crippen molar-refractivity contribution in [3.8, 4) is 84.3 Å². The quantitative estimate of drug-likeness (QED) is 0.135. The van der Waals surface area contributed by atoms with E-state index in [4.69, 9.17) is 27.1 Å². The summed E-state index contributed by atoms with van der Waals surface area (Å²) in [6, 6.07) is 156. The van der Waals surface area contributed by atoms with Gasteiger partial charge in [-0.2, -0.15) is 0 Å². The molecule has 0 fully saturated rings. The number of rotatable bonds is 10. The average molecular weight is 1880 g/mol. The first-order chi connectivity index (χ1) is 71.7. The zero-order valence-corrected chi connectivity index (χ0v) is 81.8. The van der Waals surface area contributed by atoms with E-state index in [1.165, 1.54) is 170 Å². The van der Waals surface area contributed by atoms with Crippen molar-refractivity contribution in [2.24, 2.45) is 0 Å². The molecule has 30 aromatic rings. The number of nitrogens with zero attached hydrogens (tertiary/aromatic N) is 6. The number of benzene rings is 19. The largest absolute Gasteiger partial charge is 0.461 e. The van der Waals surface area contributed by atoms with Crippen molar-refractivity contribution in [2.45, 2.75) is 55.4 Å². The van der Waals surface area contributed by atoms with Gasteiger partial charge in [0, 0.05) is 120 Å². The molecule has 0 saturated carbocycles. The first kappa shape index (κ1) is 86.4. The van der Waals surface area contributed by atoms with Gasteiger partial charge < -0.3 is 40.4 Å². The Labute approximate surface area is 840 Å². The van der Waals surface area contributed by atoms with Crippen molar-refractivity contribution in [2.75, 3.05) is 0 Å². The summed E-state index contributed by atoms with van der Waals surface area (Å²) in [7, 11) is 0. The zero-order valence-electron chi connectivity index (χ0n) is 81.8. The summed E-state index contributed by atoms with van der Waals surface area (Å²) in [5.74, 6) is 4.80. The highest BCUT2D eigenvalue weighted by atomic mass is 16.3. The summed E-state index contributed by atoms with van der Waals surface area (Å²) < 4.78 is 42.5. The highest BCUT2D eigenvalue weighted by Gasteiger charge is 2.26. The van der Waals surface area contributed by atoms with E-state index >= 15 is 0 Å². The number of hydrogen-bond donors (Lipinski definition) is 0. The monoisotopic (exact) mass is 1880 g/mol.